The first-order chi connectivity index (χ1) is 10.6. The first-order valence-electron chi connectivity index (χ1n) is 7.07. The van der Waals surface area contributed by atoms with E-state index in [1.807, 2.05) is 18.2 Å². The van der Waals surface area contributed by atoms with Crippen LogP contribution in [0.1, 0.15) is 33.0 Å². The van der Waals surface area contributed by atoms with Gasteiger partial charge in [-0.3, -0.25) is 4.79 Å². The molecule has 0 fully saturated rings. The summed E-state index contributed by atoms with van der Waals surface area (Å²) in [6.07, 6.45) is 1.73. The molecule has 0 aliphatic carbocycles. The predicted molar refractivity (Wildman–Crippen MR) is 82.9 cm³/mol. The molecule has 1 aromatic carbocycles. The molecule has 1 aromatic heterocycles. The van der Waals surface area contributed by atoms with Gasteiger partial charge in [-0.25, -0.2) is 9.78 Å². The lowest BCUT2D eigenvalue weighted by atomic mass is 10.1. The summed E-state index contributed by atoms with van der Waals surface area (Å²) < 4.78 is 0. The van der Waals surface area contributed by atoms with Gasteiger partial charge in [-0.2, -0.15) is 0 Å². The van der Waals surface area contributed by atoms with Gasteiger partial charge in [0, 0.05) is 13.6 Å². The Morgan fingerprint density at radius 2 is 1.73 bits per heavy atom. The molecule has 2 rings (SSSR count). The molecule has 0 spiro atoms. The summed E-state index contributed by atoms with van der Waals surface area (Å²) >= 11 is 0. The normalized spacial score (nSPS) is 10.2. The number of aromatic carboxylic acids is 1. The highest BCUT2D eigenvalue weighted by molar-refractivity contribution is 5.94. The number of carboxylic acid groups (broad SMARTS) is 1. The molecule has 0 radical (unpaired) electrons. The third-order valence-electron chi connectivity index (χ3n) is 3.34. The van der Waals surface area contributed by atoms with Crippen LogP contribution in [0.25, 0.3) is 0 Å². The largest absolute Gasteiger partial charge is 0.477 e. The van der Waals surface area contributed by atoms with Crippen LogP contribution in [0.5, 0.6) is 0 Å². The maximum atomic E-state index is 12.2. The average Bonchev–Trinajstić information content (AvgIpc) is 2.55. The van der Waals surface area contributed by atoms with Crippen molar-refractivity contribution in [1.29, 1.82) is 0 Å². The van der Waals surface area contributed by atoms with E-state index in [0.717, 1.165) is 12.8 Å². The molecule has 114 valence electrons. The van der Waals surface area contributed by atoms with Crippen molar-refractivity contribution in [2.75, 3.05) is 13.6 Å². The molecule has 0 bridgehead atoms. The number of benzene rings is 1. The Morgan fingerprint density at radius 1 is 1.05 bits per heavy atom. The molecular formula is C17H18N2O3. The molecule has 1 N–H and O–H groups in total. The van der Waals surface area contributed by atoms with Crippen LogP contribution in [-0.2, 0) is 6.42 Å². The number of carboxylic acids is 1. The van der Waals surface area contributed by atoms with Crippen molar-refractivity contribution in [2.24, 2.45) is 0 Å². The number of pyridine rings is 1. The number of carbonyl (C=O) groups is 2. The van der Waals surface area contributed by atoms with Gasteiger partial charge >= 0.3 is 5.97 Å². The second kappa shape index (κ2) is 7.36. The van der Waals surface area contributed by atoms with Gasteiger partial charge in [0.1, 0.15) is 11.4 Å². The number of rotatable bonds is 6. The SMILES string of the molecule is CN(CCCc1ccccc1)C(=O)c1cccc(C(=O)O)n1. The maximum absolute atomic E-state index is 12.2. The Labute approximate surface area is 129 Å². The van der Waals surface area contributed by atoms with Gasteiger partial charge in [0.05, 0.1) is 0 Å². The Morgan fingerprint density at radius 3 is 2.41 bits per heavy atom. The summed E-state index contributed by atoms with van der Waals surface area (Å²) in [5.41, 5.74) is 1.26. The zero-order chi connectivity index (χ0) is 15.9. The lowest BCUT2D eigenvalue weighted by Gasteiger charge is -2.16. The Bertz CT molecular complexity index is 656. The van der Waals surface area contributed by atoms with E-state index in [-0.39, 0.29) is 17.3 Å². The molecule has 1 amide bonds. The van der Waals surface area contributed by atoms with Crippen LogP contribution in [-0.4, -0.2) is 40.5 Å². The fraction of sp³-hybridized carbons (Fsp3) is 0.235. The van der Waals surface area contributed by atoms with Gasteiger partial charge < -0.3 is 10.0 Å². The van der Waals surface area contributed by atoms with Gasteiger partial charge in [-0.1, -0.05) is 36.4 Å². The van der Waals surface area contributed by atoms with E-state index in [4.69, 9.17) is 5.11 Å². The zero-order valence-electron chi connectivity index (χ0n) is 12.4. The number of amides is 1. The van der Waals surface area contributed by atoms with Gasteiger partial charge in [-0.05, 0) is 30.5 Å². The van der Waals surface area contributed by atoms with Crippen molar-refractivity contribution in [3.63, 3.8) is 0 Å². The molecule has 22 heavy (non-hydrogen) atoms. The van der Waals surface area contributed by atoms with E-state index in [9.17, 15) is 9.59 Å². The van der Waals surface area contributed by atoms with Gasteiger partial charge in [0.25, 0.3) is 5.91 Å². The van der Waals surface area contributed by atoms with Gasteiger partial charge in [-0.15, -0.1) is 0 Å². The van der Waals surface area contributed by atoms with E-state index < -0.39 is 5.97 Å². The summed E-state index contributed by atoms with van der Waals surface area (Å²) in [6, 6.07) is 14.5. The van der Waals surface area contributed by atoms with Crippen LogP contribution in [0.15, 0.2) is 48.5 Å². The number of hydrogen-bond donors (Lipinski definition) is 1. The number of carbonyl (C=O) groups excluding carboxylic acids is 1. The van der Waals surface area contributed by atoms with Crippen LogP contribution < -0.4 is 0 Å². The van der Waals surface area contributed by atoms with E-state index in [0.29, 0.717) is 6.54 Å². The van der Waals surface area contributed by atoms with E-state index >= 15 is 0 Å². The Balaban J connectivity index is 1.92. The third kappa shape index (κ3) is 4.15. The van der Waals surface area contributed by atoms with Gasteiger partial charge in [0.2, 0.25) is 0 Å². The molecule has 0 aliphatic heterocycles. The number of aromatic nitrogens is 1. The smallest absolute Gasteiger partial charge is 0.354 e. The minimum Gasteiger partial charge on any atom is -0.477 e. The van der Waals surface area contributed by atoms with Crippen LogP contribution in [0.2, 0.25) is 0 Å². The molecular weight excluding hydrogens is 280 g/mol. The highest BCUT2D eigenvalue weighted by Gasteiger charge is 2.15. The van der Waals surface area contributed by atoms with Gasteiger partial charge in [0.15, 0.2) is 0 Å². The van der Waals surface area contributed by atoms with E-state index in [1.54, 1.807) is 11.9 Å². The van der Waals surface area contributed by atoms with Crippen molar-refractivity contribution < 1.29 is 14.7 Å². The van der Waals surface area contributed by atoms with E-state index in [2.05, 4.69) is 17.1 Å². The predicted octanol–water partition coefficient (Wildman–Crippen LogP) is 2.48. The summed E-state index contributed by atoms with van der Waals surface area (Å²) in [6.45, 7) is 0.590. The lowest BCUT2D eigenvalue weighted by Crippen LogP contribution is -2.29. The van der Waals surface area contributed by atoms with Crippen LogP contribution in [0, 0.1) is 0 Å². The lowest BCUT2D eigenvalue weighted by molar-refractivity contribution is 0.0690. The summed E-state index contributed by atoms with van der Waals surface area (Å²) in [5, 5.41) is 8.91. The molecule has 0 saturated heterocycles. The molecule has 5 nitrogen and oxygen atoms in total. The summed E-state index contributed by atoms with van der Waals surface area (Å²) in [4.78, 5) is 28.6. The highest BCUT2D eigenvalue weighted by atomic mass is 16.4. The van der Waals surface area contributed by atoms with Crippen LogP contribution >= 0.6 is 0 Å². The summed E-state index contributed by atoms with van der Waals surface area (Å²) in [5.74, 6) is -1.41. The molecule has 0 atom stereocenters. The van der Waals surface area contributed by atoms with E-state index in [1.165, 1.54) is 23.8 Å². The van der Waals surface area contributed by atoms with Crippen molar-refractivity contribution in [2.45, 2.75) is 12.8 Å². The standard InChI is InChI=1S/C17H18N2O3/c1-19(12-6-9-13-7-3-2-4-8-13)16(20)14-10-5-11-15(18-14)17(21)22/h2-5,7-8,10-11H,6,9,12H2,1H3,(H,21,22). The second-order valence-corrected chi connectivity index (χ2v) is 5.03. The molecule has 0 aliphatic rings. The monoisotopic (exact) mass is 298 g/mol. The van der Waals surface area contributed by atoms with Crippen molar-refractivity contribution >= 4 is 11.9 Å². The van der Waals surface area contributed by atoms with Crippen LogP contribution in [0.3, 0.4) is 0 Å². The fourth-order valence-corrected chi connectivity index (χ4v) is 2.14. The molecule has 1 heterocycles. The highest BCUT2D eigenvalue weighted by Crippen LogP contribution is 2.06. The summed E-state index contributed by atoms with van der Waals surface area (Å²) in [7, 11) is 1.70. The number of nitrogens with zero attached hydrogens (tertiary/aromatic N) is 2. The number of hydrogen-bond acceptors (Lipinski definition) is 3. The molecule has 0 saturated carbocycles. The fourth-order valence-electron chi connectivity index (χ4n) is 2.14. The van der Waals surface area contributed by atoms with Crippen molar-refractivity contribution in [3.05, 3.63) is 65.5 Å². The average molecular weight is 298 g/mol. The quantitative estimate of drug-likeness (QED) is 0.889. The first kappa shape index (κ1) is 15.7. The second-order valence-electron chi connectivity index (χ2n) is 5.03. The third-order valence-corrected chi connectivity index (χ3v) is 3.34. The molecule has 2 aromatic rings. The zero-order valence-corrected chi connectivity index (χ0v) is 12.4. The Kier molecular flexibility index (Phi) is 5.25. The minimum absolute atomic E-state index is 0.122. The maximum Gasteiger partial charge on any atom is 0.354 e. The Hall–Kier alpha value is -2.69. The topological polar surface area (TPSA) is 70.5 Å². The molecule has 0 unspecified atom stereocenters. The molecule has 5 heteroatoms. The van der Waals surface area contributed by atoms with Crippen molar-refractivity contribution in [1.82, 2.24) is 9.88 Å². The van der Waals surface area contributed by atoms with Crippen molar-refractivity contribution in [3.8, 4) is 0 Å². The van der Waals surface area contributed by atoms with Crippen LogP contribution in [0.4, 0.5) is 0 Å². The first-order valence-corrected chi connectivity index (χ1v) is 7.07. The minimum atomic E-state index is -1.14. The number of aryl methyl sites for hydroxylation is 1.